The van der Waals surface area contributed by atoms with Crippen molar-refractivity contribution in [2.75, 3.05) is 39.3 Å². The Balaban J connectivity index is 1.60. The van der Waals surface area contributed by atoms with Crippen molar-refractivity contribution in [3.05, 3.63) is 0 Å². The van der Waals surface area contributed by atoms with Gasteiger partial charge in [-0.3, -0.25) is 19.4 Å². The van der Waals surface area contributed by atoms with Crippen molar-refractivity contribution < 1.29 is 14.3 Å². The molecular formula is C17H29N3O3. The van der Waals surface area contributed by atoms with E-state index in [0.29, 0.717) is 12.0 Å². The third-order valence-electron chi connectivity index (χ3n) is 5.63. The van der Waals surface area contributed by atoms with Gasteiger partial charge in [0.2, 0.25) is 5.91 Å². The molecule has 3 aliphatic rings. The van der Waals surface area contributed by atoms with Crippen LogP contribution in [0.1, 0.15) is 33.6 Å². The second kappa shape index (κ2) is 6.77. The lowest BCUT2D eigenvalue weighted by Crippen LogP contribution is -2.44. The smallest absolute Gasteiger partial charge is 0.323 e. The minimum atomic E-state index is -0.0573. The lowest BCUT2D eigenvalue weighted by atomic mass is 10.0. The third kappa shape index (κ3) is 3.53. The second-order valence-corrected chi connectivity index (χ2v) is 7.39. The summed E-state index contributed by atoms with van der Waals surface area (Å²) >= 11 is 0. The summed E-state index contributed by atoms with van der Waals surface area (Å²) in [5.41, 5.74) is 0. The Labute approximate surface area is 138 Å². The number of rotatable bonds is 2. The van der Waals surface area contributed by atoms with E-state index >= 15 is 0 Å². The number of esters is 1. The van der Waals surface area contributed by atoms with Gasteiger partial charge in [-0.15, -0.1) is 0 Å². The van der Waals surface area contributed by atoms with E-state index in [2.05, 4.69) is 16.7 Å². The molecule has 0 bridgehead atoms. The van der Waals surface area contributed by atoms with Crippen molar-refractivity contribution in [1.82, 2.24) is 14.7 Å². The molecule has 4 atom stereocenters. The Morgan fingerprint density at radius 2 is 1.87 bits per heavy atom. The van der Waals surface area contributed by atoms with E-state index in [1.165, 1.54) is 0 Å². The third-order valence-corrected chi connectivity index (χ3v) is 5.63. The monoisotopic (exact) mass is 323 g/mol. The first kappa shape index (κ1) is 16.7. The maximum absolute atomic E-state index is 12.0. The number of nitrogens with zero attached hydrogens (tertiary/aromatic N) is 3. The molecule has 0 spiro atoms. The van der Waals surface area contributed by atoms with Crippen molar-refractivity contribution in [2.45, 2.75) is 51.8 Å². The Morgan fingerprint density at radius 1 is 1.09 bits per heavy atom. The van der Waals surface area contributed by atoms with Gasteiger partial charge in [0.25, 0.3) is 0 Å². The Morgan fingerprint density at radius 3 is 2.52 bits per heavy atom. The van der Waals surface area contributed by atoms with Crippen LogP contribution in [0, 0.1) is 5.92 Å². The number of hydrogen-bond donors (Lipinski definition) is 0. The summed E-state index contributed by atoms with van der Waals surface area (Å²) in [4.78, 5) is 30.4. The largest absolute Gasteiger partial charge is 0.461 e. The molecule has 0 aromatic heterocycles. The maximum atomic E-state index is 12.0. The first-order valence-corrected chi connectivity index (χ1v) is 8.90. The first-order valence-electron chi connectivity index (χ1n) is 8.90. The zero-order valence-corrected chi connectivity index (χ0v) is 14.5. The summed E-state index contributed by atoms with van der Waals surface area (Å²) in [5.74, 6) is 0.669. The summed E-state index contributed by atoms with van der Waals surface area (Å²) in [6.07, 6.45) is 1.89. The van der Waals surface area contributed by atoms with Gasteiger partial charge in [-0.25, -0.2) is 0 Å². The van der Waals surface area contributed by atoms with Crippen molar-refractivity contribution in [3.8, 4) is 0 Å². The molecule has 0 aliphatic carbocycles. The van der Waals surface area contributed by atoms with Crippen LogP contribution in [0.3, 0.4) is 0 Å². The number of carbonyl (C=O) groups is 2. The van der Waals surface area contributed by atoms with E-state index < -0.39 is 0 Å². The fourth-order valence-electron chi connectivity index (χ4n) is 4.33. The van der Waals surface area contributed by atoms with Gasteiger partial charge >= 0.3 is 5.97 Å². The molecule has 1 amide bonds. The Bertz CT molecular complexity index is 470. The molecule has 0 saturated carbocycles. The quantitative estimate of drug-likeness (QED) is 0.695. The summed E-state index contributed by atoms with van der Waals surface area (Å²) in [5, 5.41) is 0. The number of cyclic esters (lactones) is 1. The predicted octanol–water partition coefficient (Wildman–Crippen LogP) is 0.565. The number of likely N-dealkylation sites (tertiary alicyclic amines) is 1. The van der Waals surface area contributed by atoms with E-state index in [-0.39, 0.29) is 24.0 Å². The average Bonchev–Trinajstić information content (AvgIpc) is 2.91. The van der Waals surface area contributed by atoms with E-state index in [9.17, 15) is 9.59 Å². The van der Waals surface area contributed by atoms with Crippen molar-refractivity contribution in [3.63, 3.8) is 0 Å². The van der Waals surface area contributed by atoms with Crippen LogP contribution in [0.5, 0.6) is 0 Å². The van der Waals surface area contributed by atoms with Crippen LogP contribution in [-0.4, -0.2) is 84.0 Å². The highest BCUT2D eigenvalue weighted by molar-refractivity contribution is 5.78. The van der Waals surface area contributed by atoms with Crippen LogP contribution in [-0.2, 0) is 14.3 Å². The molecule has 6 heteroatoms. The topological polar surface area (TPSA) is 53.1 Å². The van der Waals surface area contributed by atoms with Crippen LogP contribution in [0.2, 0.25) is 0 Å². The van der Waals surface area contributed by atoms with Crippen LogP contribution in [0.25, 0.3) is 0 Å². The molecule has 3 saturated heterocycles. The molecule has 0 unspecified atom stereocenters. The van der Waals surface area contributed by atoms with Gasteiger partial charge in [0, 0.05) is 58.7 Å². The fraction of sp³-hybridized carbons (Fsp3) is 0.882. The summed E-state index contributed by atoms with van der Waals surface area (Å²) in [7, 11) is 0. The van der Waals surface area contributed by atoms with E-state index in [0.717, 1.165) is 52.1 Å². The summed E-state index contributed by atoms with van der Waals surface area (Å²) < 4.78 is 5.32. The highest BCUT2D eigenvalue weighted by Crippen LogP contribution is 2.29. The molecule has 0 aromatic carbocycles. The second-order valence-electron chi connectivity index (χ2n) is 7.39. The van der Waals surface area contributed by atoms with Crippen molar-refractivity contribution >= 4 is 11.9 Å². The standard InChI is InChI=1S/C17H29N3O3/c1-12-10-20(15-9-13(2)23-17(15)22)11-16(12)19-6-4-5-18(7-8-19)14(3)21/h12-13,15-16H,4-11H2,1-3H3/t12-,13-,15+,16+/m0/s1. The van der Waals surface area contributed by atoms with Crippen LogP contribution < -0.4 is 0 Å². The Kier molecular flexibility index (Phi) is 4.92. The molecule has 6 nitrogen and oxygen atoms in total. The van der Waals surface area contributed by atoms with Crippen molar-refractivity contribution in [2.24, 2.45) is 5.92 Å². The SMILES string of the molecule is CC(=O)N1CCCN([C@@H]2CN([C@@H]3C[C@H](C)OC3=O)C[C@@H]2C)CC1. The number of hydrogen-bond acceptors (Lipinski definition) is 5. The molecule has 3 heterocycles. The zero-order chi connectivity index (χ0) is 16.6. The fourth-order valence-corrected chi connectivity index (χ4v) is 4.33. The lowest BCUT2D eigenvalue weighted by molar-refractivity contribution is -0.144. The van der Waals surface area contributed by atoms with Gasteiger partial charge in [0.05, 0.1) is 0 Å². The molecule has 0 radical (unpaired) electrons. The maximum Gasteiger partial charge on any atom is 0.323 e. The molecule has 0 N–H and O–H groups in total. The van der Waals surface area contributed by atoms with Gasteiger partial charge in [-0.2, -0.15) is 0 Å². The molecule has 3 fully saturated rings. The van der Waals surface area contributed by atoms with E-state index in [4.69, 9.17) is 4.74 Å². The molecule has 130 valence electrons. The van der Waals surface area contributed by atoms with Gasteiger partial charge in [-0.1, -0.05) is 6.92 Å². The van der Waals surface area contributed by atoms with Gasteiger partial charge < -0.3 is 9.64 Å². The summed E-state index contributed by atoms with van der Waals surface area (Å²) in [6, 6.07) is 0.420. The molecule has 3 rings (SSSR count). The predicted molar refractivity (Wildman–Crippen MR) is 86.9 cm³/mol. The molecular weight excluding hydrogens is 294 g/mol. The minimum Gasteiger partial charge on any atom is -0.461 e. The molecule has 0 aromatic rings. The molecule has 3 aliphatic heterocycles. The van der Waals surface area contributed by atoms with Crippen molar-refractivity contribution in [1.29, 1.82) is 0 Å². The molecule has 23 heavy (non-hydrogen) atoms. The van der Waals surface area contributed by atoms with Gasteiger partial charge in [-0.05, 0) is 19.3 Å². The average molecular weight is 323 g/mol. The zero-order valence-electron chi connectivity index (χ0n) is 14.5. The number of amides is 1. The van der Waals surface area contributed by atoms with E-state index in [1.807, 2.05) is 11.8 Å². The highest BCUT2D eigenvalue weighted by Gasteiger charge is 2.43. The van der Waals surface area contributed by atoms with E-state index in [1.54, 1.807) is 6.92 Å². The first-order chi connectivity index (χ1) is 11.0. The Hall–Kier alpha value is -1.14. The summed E-state index contributed by atoms with van der Waals surface area (Å²) in [6.45, 7) is 11.5. The highest BCUT2D eigenvalue weighted by atomic mass is 16.6. The normalized spacial score (nSPS) is 37.0. The number of ether oxygens (including phenoxy) is 1. The van der Waals surface area contributed by atoms with Gasteiger partial charge in [0.15, 0.2) is 0 Å². The van der Waals surface area contributed by atoms with Crippen LogP contribution in [0.4, 0.5) is 0 Å². The minimum absolute atomic E-state index is 0.0455. The lowest BCUT2D eigenvalue weighted by Gasteiger charge is -2.30. The number of carbonyl (C=O) groups excluding carboxylic acids is 2. The van der Waals surface area contributed by atoms with Crippen LogP contribution >= 0.6 is 0 Å². The van der Waals surface area contributed by atoms with Crippen LogP contribution in [0.15, 0.2) is 0 Å². The van der Waals surface area contributed by atoms with Gasteiger partial charge in [0.1, 0.15) is 12.1 Å².